The minimum Gasteiger partial charge on any atom is -0.388 e. The fourth-order valence-electron chi connectivity index (χ4n) is 0.811. The molecule has 0 saturated heterocycles. The molecule has 0 fully saturated rings. The van der Waals surface area contributed by atoms with Crippen molar-refractivity contribution in [2.45, 2.75) is 6.42 Å². The lowest BCUT2D eigenvalue weighted by Crippen LogP contribution is -2.01. The molecule has 0 amide bonds. The van der Waals surface area contributed by atoms with Crippen LogP contribution in [0.25, 0.3) is 0 Å². The quantitative estimate of drug-likeness (QED) is 0.813. The molecule has 0 bridgehead atoms. The third-order valence-electron chi connectivity index (χ3n) is 1.28. The second-order valence-corrected chi connectivity index (χ2v) is 2.84. The molecular formula is C12H23NO2. The third kappa shape index (κ3) is 15.8. The van der Waals surface area contributed by atoms with Crippen LogP contribution >= 0.6 is 0 Å². The summed E-state index contributed by atoms with van der Waals surface area (Å²) in [7, 11) is 6.50. The molecule has 0 heterocycles. The van der Waals surface area contributed by atoms with Crippen LogP contribution in [0.5, 0.6) is 0 Å². The number of ether oxygens (including phenoxy) is 2. The van der Waals surface area contributed by atoms with Gasteiger partial charge in [-0.05, 0) is 18.5 Å². The summed E-state index contributed by atoms with van der Waals surface area (Å²) in [5.74, 6) is 0. The predicted octanol–water partition coefficient (Wildman–Crippen LogP) is 1.71. The van der Waals surface area contributed by atoms with Crippen molar-refractivity contribution in [1.82, 2.24) is 0 Å². The molecule has 88 valence electrons. The van der Waals surface area contributed by atoms with Gasteiger partial charge in [-0.1, -0.05) is 30.3 Å². The van der Waals surface area contributed by atoms with Crippen molar-refractivity contribution in [3.05, 3.63) is 35.9 Å². The van der Waals surface area contributed by atoms with Crippen molar-refractivity contribution in [1.29, 1.82) is 0 Å². The minimum absolute atomic E-state index is 0.740. The van der Waals surface area contributed by atoms with E-state index in [1.165, 1.54) is 5.56 Å². The highest BCUT2D eigenvalue weighted by molar-refractivity contribution is 5.14. The summed E-state index contributed by atoms with van der Waals surface area (Å²) in [4.78, 5) is 0. The Morgan fingerprint density at radius 3 is 1.67 bits per heavy atom. The molecule has 1 aromatic rings. The van der Waals surface area contributed by atoms with E-state index in [-0.39, 0.29) is 0 Å². The molecule has 0 aromatic heterocycles. The average molecular weight is 213 g/mol. The standard InChI is InChI=1S/C8H11N.2C2H6O/c9-7-6-8-4-2-1-3-5-8;2*1-3-2/h1-5H,6-7,9H2;2*1-2H3. The van der Waals surface area contributed by atoms with Gasteiger partial charge in [-0.15, -0.1) is 0 Å². The number of benzene rings is 1. The summed E-state index contributed by atoms with van der Waals surface area (Å²) < 4.78 is 8.50. The third-order valence-corrected chi connectivity index (χ3v) is 1.28. The van der Waals surface area contributed by atoms with E-state index < -0.39 is 0 Å². The first-order valence-corrected chi connectivity index (χ1v) is 4.81. The van der Waals surface area contributed by atoms with E-state index in [4.69, 9.17) is 5.73 Å². The topological polar surface area (TPSA) is 44.5 Å². The van der Waals surface area contributed by atoms with E-state index in [1.807, 2.05) is 18.2 Å². The average Bonchev–Trinajstić information content (AvgIpc) is 2.22. The second kappa shape index (κ2) is 15.6. The lowest BCUT2D eigenvalue weighted by Gasteiger charge is -1.93. The van der Waals surface area contributed by atoms with E-state index in [0.717, 1.165) is 13.0 Å². The summed E-state index contributed by atoms with van der Waals surface area (Å²) in [6.45, 7) is 0.740. The molecule has 3 heteroatoms. The fraction of sp³-hybridized carbons (Fsp3) is 0.500. The monoisotopic (exact) mass is 213 g/mol. The lowest BCUT2D eigenvalue weighted by atomic mass is 10.2. The van der Waals surface area contributed by atoms with Crippen LogP contribution in [0.2, 0.25) is 0 Å². The molecule has 2 N–H and O–H groups in total. The van der Waals surface area contributed by atoms with Crippen molar-refractivity contribution in [3.63, 3.8) is 0 Å². The lowest BCUT2D eigenvalue weighted by molar-refractivity contribution is 0.277. The van der Waals surface area contributed by atoms with Crippen LogP contribution in [-0.4, -0.2) is 35.0 Å². The normalized spacial score (nSPS) is 8.07. The number of hydrogen-bond acceptors (Lipinski definition) is 3. The number of nitrogens with two attached hydrogens (primary N) is 1. The molecule has 0 aliphatic heterocycles. The zero-order valence-electron chi connectivity index (χ0n) is 10.2. The van der Waals surface area contributed by atoms with E-state index in [0.29, 0.717) is 0 Å². The summed E-state index contributed by atoms with van der Waals surface area (Å²) in [6.07, 6.45) is 0.987. The van der Waals surface area contributed by atoms with Gasteiger partial charge < -0.3 is 15.2 Å². The maximum atomic E-state index is 5.36. The molecular weight excluding hydrogens is 190 g/mol. The Hall–Kier alpha value is -0.900. The largest absolute Gasteiger partial charge is 0.388 e. The van der Waals surface area contributed by atoms with Crippen LogP contribution in [0.15, 0.2) is 30.3 Å². The highest BCUT2D eigenvalue weighted by Gasteiger charge is 1.84. The van der Waals surface area contributed by atoms with Crippen LogP contribution in [-0.2, 0) is 15.9 Å². The van der Waals surface area contributed by atoms with Gasteiger partial charge in [0.15, 0.2) is 0 Å². The van der Waals surface area contributed by atoms with Crippen molar-refractivity contribution >= 4 is 0 Å². The number of methoxy groups -OCH3 is 2. The zero-order valence-corrected chi connectivity index (χ0v) is 10.2. The van der Waals surface area contributed by atoms with Gasteiger partial charge in [0.2, 0.25) is 0 Å². The molecule has 0 radical (unpaired) electrons. The maximum absolute atomic E-state index is 5.36. The number of hydrogen-bond donors (Lipinski definition) is 1. The molecule has 0 aliphatic carbocycles. The second-order valence-electron chi connectivity index (χ2n) is 2.84. The Morgan fingerprint density at radius 2 is 1.33 bits per heavy atom. The first-order valence-electron chi connectivity index (χ1n) is 4.81. The van der Waals surface area contributed by atoms with Crippen molar-refractivity contribution in [3.8, 4) is 0 Å². The maximum Gasteiger partial charge on any atom is 0.0351 e. The molecule has 1 aromatic carbocycles. The Labute approximate surface area is 93.2 Å². The van der Waals surface area contributed by atoms with Gasteiger partial charge in [0.1, 0.15) is 0 Å². The molecule has 3 nitrogen and oxygen atoms in total. The van der Waals surface area contributed by atoms with Gasteiger partial charge in [-0.25, -0.2) is 0 Å². The molecule has 0 saturated carbocycles. The van der Waals surface area contributed by atoms with Gasteiger partial charge in [0.25, 0.3) is 0 Å². The summed E-state index contributed by atoms with van der Waals surface area (Å²) in [6, 6.07) is 10.3. The van der Waals surface area contributed by atoms with Gasteiger partial charge in [-0.2, -0.15) is 0 Å². The smallest absolute Gasteiger partial charge is 0.0351 e. The first-order chi connectivity index (χ1) is 7.26. The highest BCUT2D eigenvalue weighted by atomic mass is 16.5. The van der Waals surface area contributed by atoms with Gasteiger partial charge in [0.05, 0.1) is 0 Å². The minimum atomic E-state index is 0.740. The molecule has 0 atom stereocenters. The van der Waals surface area contributed by atoms with Crippen molar-refractivity contribution in [2.75, 3.05) is 35.0 Å². The van der Waals surface area contributed by atoms with E-state index >= 15 is 0 Å². The van der Waals surface area contributed by atoms with E-state index in [9.17, 15) is 0 Å². The van der Waals surface area contributed by atoms with E-state index in [2.05, 4.69) is 21.6 Å². The molecule has 0 aliphatic rings. The van der Waals surface area contributed by atoms with Gasteiger partial charge in [0, 0.05) is 28.4 Å². The van der Waals surface area contributed by atoms with Crippen molar-refractivity contribution in [2.24, 2.45) is 5.73 Å². The molecule has 0 unspecified atom stereocenters. The summed E-state index contributed by atoms with van der Waals surface area (Å²) >= 11 is 0. The Balaban J connectivity index is 0. The Morgan fingerprint density at radius 1 is 0.933 bits per heavy atom. The predicted molar refractivity (Wildman–Crippen MR) is 65.1 cm³/mol. The summed E-state index contributed by atoms with van der Waals surface area (Å²) in [5.41, 5.74) is 6.68. The Bertz CT molecular complexity index is 188. The van der Waals surface area contributed by atoms with Crippen LogP contribution < -0.4 is 5.73 Å². The zero-order chi connectivity index (χ0) is 11.9. The first kappa shape index (κ1) is 16.5. The Kier molecular flexibility index (Phi) is 17.2. The van der Waals surface area contributed by atoms with Crippen LogP contribution in [0.4, 0.5) is 0 Å². The van der Waals surface area contributed by atoms with E-state index in [1.54, 1.807) is 28.4 Å². The highest BCUT2D eigenvalue weighted by Crippen LogP contribution is 1.96. The SMILES string of the molecule is COC.COC.NCCc1ccccc1. The fourth-order valence-corrected chi connectivity index (χ4v) is 0.811. The van der Waals surface area contributed by atoms with Crippen LogP contribution in [0, 0.1) is 0 Å². The molecule has 0 spiro atoms. The van der Waals surface area contributed by atoms with Crippen LogP contribution in [0.3, 0.4) is 0 Å². The molecule has 15 heavy (non-hydrogen) atoms. The van der Waals surface area contributed by atoms with Gasteiger partial charge >= 0.3 is 0 Å². The summed E-state index contributed by atoms with van der Waals surface area (Å²) in [5, 5.41) is 0. The molecule has 1 rings (SSSR count). The van der Waals surface area contributed by atoms with Crippen LogP contribution in [0.1, 0.15) is 5.56 Å². The number of rotatable bonds is 2. The van der Waals surface area contributed by atoms with Gasteiger partial charge in [-0.3, -0.25) is 0 Å². The van der Waals surface area contributed by atoms with Crippen molar-refractivity contribution < 1.29 is 9.47 Å².